The molecule has 156 valence electrons. The second kappa shape index (κ2) is 7.64. The summed E-state index contributed by atoms with van der Waals surface area (Å²) in [6, 6.07) is 19.9. The molecule has 0 spiro atoms. The molecule has 0 aromatic heterocycles. The van der Waals surface area contributed by atoms with Crippen LogP contribution in [0.1, 0.15) is 27.7 Å². The van der Waals surface area contributed by atoms with Crippen LogP contribution < -0.4 is 14.8 Å². The SMILES string of the molecule is O=C1c2ccccc2N[C@@H](c2cc3c(cc2[N+](=O)[O-])OCO3)N1CCc1ccccc1. The summed E-state index contributed by atoms with van der Waals surface area (Å²) in [6.45, 7) is 0.397. The number of rotatable bonds is 5. The number of carbonyl (C=O) groups is 1. The summed E-state index contributed by atoms with van der Waals surface area (Å²) in [7, 11) is 0. The minimum absolute atomic E-state index is 0.00746. The van der Waals surface area contributed by atoms with Crippen molar-refractivity contribution in [2.24, 2.45) is 0 Å². The molecule has 2 aliphatic heterocycles. The fourth-order valence-corrected chi connectivity index (χ4v) is 3.99. The number of benzene rings is 3. The minimum atomic E-state index is -0.721. The molecule has 31 heavy (non-hydrogen) atoms. The molecule has 3 aromatic rings. The first-order valence-electron chi connectivity index (χ1n) is 9.90. The number of fused-ring (bicyclic) bond motifs is 2. The molecule has 5 rings (SSSR count). The topological polar surface area (TPSA) is 93.9 Å². The number of anilines is 1. The van der Waals surface area contributed by atoms with Crippen molar-refractivity contribution in [3.05, 3.63) is 93.5 Å². The Morgan fingerprint density at radius 3 is 2.52 bits per heavy atom. The molecular formula is C23H19N3O5. The van der Waals surface area contributed by atoms with Crippen LogP contribution in [0.5, 0.6) is 11.5 Å². The third kappa shape index (κ3) is 3.42. The number of hydrogen-bond donors (Lipinski definition) is 1. The van der Waals surface area contributed by atoms with Gasteiger partial charge in [0.05, 0.1) is 22.1 Å². The van der Waals surface area contributed by atoms with Crippen LogP contribution in [-0.4, -0.2) is 29.1 Å². The zero-order chi connectivity index (χ0) is 21.4. The molecule has 0 bridgehead atoms. The number of hydrogen-bond acceptors (Lipinski definition) is 6. The number of carbonyl (C=O) groups excluding carboxylic acids is 1. The summed E-state index contributed by atoms with van der Waals surface area (Å²) in [4.78, 5) is 26.4. The minimum Gasteiger partial charge on any atom is -0.454 e. The number of nitro benzene ring substituents is 1. The van der Waals surface area contributed by atoms with Gasteiger partial charge >= 0.3 is 0 Å². The van der Waals surface area contributed by atoms with E-state index in [1.807, 2.05) is 36.4 Å². The molecule has 8 nitrogen and oxygen atoms in total. The summed E-state index contributed by atoms with van der Waals surface area (Å²) >= 11 is 0. The van der Waals surface area contributed by atoms with Crippen LogP contribution in [0.4, 0.5) is 11.4 Å². The lowest BCUT2D eigenvalue weighted by atomic mass is 10.0. The maximum Gasteiger partial charge on any atom is 0.280 e. The Hall–Kier alpha value is -4.07. The van der Waals surface area contributed by atoms with Crippen LogP contribution in [0.3, 0.4) is 0 Å². The van der Waals surface area contributed by atoms with Crippen molar-refractivity contribution in [2.45, 2.75) is 12.6 Å². The Balaban J connectivity index is 1.58. The van der Waals surface area contributed by atoms with E-state index in [-0.39, 0.29) is 18.4 Å². The Morgan fingerprint density at radius 2 is 1.74 bits per heavy atom. The first-order chi connectivity index (χ1) is 15.1. The van der Waals surface area contributed by atoms with Gasteiger partial charge in [-0.25, -0.2) is 0 Å². The summed E-state index contributed by atoms with van der Waals surface area (Å²) < 4.78 is 10.8. The quantitative estimate of drug-likeness (QED) is 0.496. The van der Waals surface area contributed by atoms with E-state index in [2.05, 4.69) is 5.32 Å². The van der Waals surface area contributed by atoms with Crippen molar-refractivity contribution in [2.75, 3.05) is 18.7 Å². The number of nitro groups is 1. The Bertz CT molecular complexity index is 1170. The van der Waals surface area contributed by atoms with Gasteiger partial charge in [-0.05, 0) is 30.2 Å². The lowest BCUT2D eigenvalue weighted by Crippen LogP contribution is -2.44. The van der Waals surface area contributed by atoms with Crippen molar-refractivity contribution in [1.29, 1.82) is 0 Å². The Morgan fingerprint density at radius 1 is 1.03 bits per heavy atom. The van der Waals surface area contributed by atoms with Gasteiger partial charge in [-0.15, -0.1) is 0 Å². The van der Waals surface area contributed by atoms with Crippen LogP contribution in [0.2, 0.25) is 0 Å². The van der Waals surface area contributed by atoms with Gasteiger partial charge < -0.3 is 19.7 Å². The molecule has 0 saturated carbocycles. The van der Waals surface area contributed by atoms with Crippen molar-refractivity contribution in [3.8, 4) is 11.5 Å². The normalized spacial score (nSPS) is 16.6. The molecule has 0 fully saturated rings. The molecule has 1 N–H and O–H groups in total. The van der Waals surface area contributed by atoms with E-state index in [1.165, 1.54) is 6.07 Å². The van der Waals surface area contributed by atoms with Gasteiger partial charge in [0.25, 0.3) is 11.6 Å². The van der Waals surface area contributed by atoms with Crippen LogP contribution in [-0.2, 0) is 6.42 Å². The molecule has 2 aliphatic rings. The number of nitrogens with zero attached hydrogens (tertiary/aromatic N) is 2. The predicted molar refractivity (Wildman–Crippen MR) is 113 cm³/mol. The Kier molecular flexibility index (Phi) is 4.66. The number of nitrogens with one attached hydrogen (secondary N) is 1. The second-order valence-electron chi connectivity index (χ2n) is 7.35. The smallest absolute Gasteiger partial charge is 0.280 e. The monoisotopic (exact) mass is 417 g/mol. The lowest BCUT2D eigenvalue weighted by Gasteiger charge is -2.38. The van der Waals surface area contributed by atoms with E-state index in [0.717, 1.165) is 5.56 Å². The standard InChI is InChI=1S/C23H19N3O5/c27-23-16-8-4-5-9-18(16)24-22(25(23)11-10-15-6-2-1-3-7-15)17-12-20-21(31-14-30-20)13-19(17)26(28)29/h1-9,12-13,22,24H,10-11,14H2/t22-/m1/s1. The maximum atomic E-state index is 13.4. The van der Waals surface area contributed by atoms with Crippen LogP contribution in [0.25, 0.3) is 0 Å². The average Bonchev–Trinajstić information content (AvgIpc) is 3.26. The van der Waals surface area contributed by atoms with Crippen molar-refractivity contribution in [3.63, 3.8) is 0 Å². The zero-order valence-electron chi connectivity index (χ0n) is 16.5. The van der Waals surface area contributed by atoms with E-state index in [9.17, 15) is 14.9 Å². The second-order valence-corrected chi connectivity index (χ2v) is 7.35. The van der Waals surface area contributed by atoms with Crippen LogP contribution in [0.15, 0.2) is 66.7 Å². The van der Waals surface area contributed by atoms with Gasteiger partial charge in [0.15, 0.2) is 11.5 Å². The molecular weight excluding hydrogens is 398 g/mol. The molecule has 0 radical (unpaired) electrons. The summed E-state index contributed by atoms with van der Waals surface area (Å²) in [5.41, 5.74) is 2.48. The van der Waals surface area contributed by atoms with E-state index in [1.54, 1.807) is 29.2 Å². The molecule has 3 aromatic carbocycles. The Labute approximate surface area is 178 Å². The third-order valence-electron chi connectivity index (χ3n) is 5.52. The van der Waals surface area contributed by atoms with Crippen molar-refractivity contribution < 1.29 is 19.2 Å². The summed E-state index contributed by atoms with van der Waals surface area (Å²) in [6.07, 6.45) is -0.105. The van der Waals surface area contributed by atoms with Gasteiger partial charge in [-0.3, -0.25) is 14.9 Å². The van der Waals surface area contributed by atoms with Gasteiger partial charge in [0.1, 0.15) is 6.17 Å². The van der Waals surface area contributed by atoms with Crippen molar-refractivity contribution in [1.82, 2.24) is 4.90 Å². The van der Waals surface area contributed by atoms with Gasteiger partial charge in [-0.1, -0.05) is 42.5 Å². The lowest BCUT2D eigenvalue weighted by molar-refractivity contribution is -0.385. The first-order valence-corrected chi connectivity index (χ1v) is 9.90. The van der Waals surface area contributed by atoms with Crippen molar-refractivity contribution >= 4 is 17.3 Å². The fraction of sp³-hybridized carbons (Fsp3) is 0.174. The molecule has 8 heteroatoms. The average molecular weight is 417 g/mol. The third-order valence-corrected chi connectivity index (χ3v) is 5.52. The predicted octanol–water partition coefficient (Wildman–Crippen LogP) is 4.13. The largest absolute Gasteiger partial charge is 0.454 e. The highest BCUT2D eigenvalue weighted by Crippen LogP contribution is 2.43. The van der Waals surface area contributed by atoms with Gasteiger partial charge in [-0.2, -0.15) is 0 Å². The first kappa shape index (κ1) is 18.9. The van der Waals surface area contributed by atoms with E-state index in [4.69, 9.17) is 9.47 Å². The van der Waals surface area contributed by atoms with Gasteiger partial charge in [0.2, 0.25) is 6.79 Å². The molecule has 0 aliphatic carbocycles. The molecule has 1 atom stereocenters. The molecule has 0 unspecified atom stereocenters. The zero-order valence-corrected chi connectivity index (χ0v) is 16.5. The number of ether oxygens (including phenoxy) is 2. The fourth-order valence-electron chi connectivity index (χ4n) is 3.99. The van der Waals surface area contributed by atoms with Crippen LogP contribution >= 0.6 is 0 Å². The molecule has 0 saturated heterocycles. The highest BCUT2D eigenvalue weighted by molar-refractivity contribution is 6.01. The van der Waals surface area contributed by atoms with E-state index >= 15 is 0 Å². The molecule has 1 amide bonds. The summed E-state index contributed by atoms with van der Waals surface area (Å²) in [5.74, 6) is 0.577. The highest BCUT2D eigenvalue weighted by Gasteiger charge is 2.37. The van der Waals surface area contributed by atoms with Crippen LogP contribution in [0, 0.1) is 10.1 Å². The highest BCUT2D eigenvalue weighted by atomic mass is 16.7. The number of amides is 1. The molecule has 2 heterocycles. The maximum absolute atomic E-state index is 13.4. The van der Waals surface area contributed by atoms with E-state index < -0.39 is 11.1 Å². The number of para-hydroxylation sites is 1. The van der Waals surface area contributed by atoms with E-state index in [0.29, 0.717) is 41.3 Å². The van der Waals surface area contributed by atoms with Gasteiger partial charge in [0, 0.05) is 12.2 Å². The summed E-state index contributed by atoms with van der Waals surface area (Å²) in [5, 5.41) is 15.2.